The van der Waals surface area contributed by atoms with Gasteiger partial charge >= 0.3 is 0 Å². The Morgan fingerprint density at radius 3 is 2.58 bits per heavy atom. The van der Waals surface area contributed by atoms with Gasteiger partial charge in [0.25, 0.3) is 0 Å². The van der Waals surface area contributed by atoms with Crippen molar-refractivity contribution in [2.75, 3.05) is 18.0 Å². The van der Waals surface area contributed by atoms with Crippen molar-refractivity contribution in [1.82, 2.24) is 14.3 Å². The number of aromatic nitrogens is 3. The van der Waals surface area contributed by atoms with E-state index < -0.39 is 0 Å². The summed E-state index contributed by atoms with van der Waals surface area (Å²) in [4.78, 5) is 11.5. The van der Waals surface area contributed by atoms with Crippen LogP contribution in [0.25, 0.3) is 10.7 Å². The Kier molecular flexibility index (Phi) is 3.46. The summed E-state index contributed by atoms with van der Waals surface area (Å²) < 4.78 is 4.37. The van der Waals surface area contributed by atoms with E-state index in [1.165, 1.54) is 30.1 Å². The van der Waals surface area contributed by atoms with Gasteiger partial charge in [-0.15, -0.1) is 0 Å². The van der Waals surface area contributed by atoms with Crippen LogP contribution in [0, 0.1) is 0 Å². The summed E-state index contributed by atoms with van der Waals surface area (Å²) in [6, 6.07) is 4.20. The molecule has 1 saturated heterocycles. The van der Waals surface area contributed by atoms with E-state index in [0.29, 0.717) is 5.92 Å². The van der Waals surface area contributed by atoms with Gasteiger partial charge in [0.05, 0.1) is 11.9 Å². The van der Waals surface area contributed by atoms with E-state index in [1.807, 2.05) is 6.20 Å². The molecule has 100 valence electrons. The molecule has 0 unspecified atom stereocenters. The van der Waals surface area contributed by atoms with E-state index in [0.717, 1.165) is 29.6 Å². The second-order valence-corrected chi connectivity index (χ2v) is 5.96. The van der Waals surface area contributed by atoms with Crippen LogP contribution in [0.5, 0.6) is 0 Å². The molecule has 0 aliphatic carbocycles. The van der Waals surface area contributed by atoms with Crippen LogP contribution < -0.4 is 4.90 Å². The third-order valence-corrected chi connectivity index (χ3v) is 4.15. The van der Waals surface area contributed by atoms with Gasteiger partial charge in [0.2, 0.25) is 0 Å². The number of hydrogen-bond acceptors (Lipinski definition) is 5. The van der Waals surface area contributed by atoms with Crippen LogP contribution in [0.1, 0.15) is 38.4 Å². The Morgan fingerprint density at radius 2 is 2.00 bits per heavy atom. The summed E-state index contributed by atoms with van der Waals surface area (Å²) in [6.07, 6.45) is 4.53. The van der Waals surface area contributed by atoms with Gasteiger partial charge in [-0.2, -0.15) is 4.37 Å². The molecule has 0 aromatic carbocycles. The van der Waals surface area contributed by atoms with Crippen molar-refractivity contribution in [3.8, 4) is 10.7 Å². The van der Waals surface area contributed by atoms with Gasteiger partial charge < -0.3 is 4.90 Å². The van der Waals surface area contributed by atoms with Gasteiger partial charge in [0, 0.05) is 19.0 Å². The highest BCUT2D eigenvalue weighted by Crippen LogP contribution is 2.25. The summed E-state index contributed by atoms with van der Waals surface area (Å²) in [5, 5.41) is 0.914. The Balaban J connectivity index is 1.81. The molecule has 2 aromatic rings. The summed E-state index contributed by atoms with van der Waals surface area (Å²) in [5.74, 6) is 1.28. The largest absolute Gasteiger partial charge is 0.370 e. The average Bonchev–Trinajstić information content (AvgIpc) is 3.11. The zero-order valence-electron chi connectivity index (χ0n) is 11.3. The molecule has 1 aliphatic heterocycles. The lowest BCUT2D eigenvalue weighted by atomic mass is 10.2. The van der Waals surface area contributed by atoms with E-state index in [4.69, 9.17) is 0 Å². The topological polar surface area (TPSA) is 41.9 Å². The van der Waals surface area contributed by atoms with Crippen molar-refractivity contribution >= 4 is 17.2 Å². The second-order valence-electron chi connectivity index (χ2n) is 5.21. The van der Waals surface area contributed by atoms with Gasteiger partial charge in [-0.05, 0) is 36.5 Å². The average molecular weight is 274 g/mol. The molecule has 0 saturated carbocycles. The standard InChI is InChI=1S/C14H18N4S/c1-10(2)13-16-14(19-17-13)12-6-5-11(9-15-12)18-7-3-4-8-18/h5-6,9-10H,3-4,7-8H2,1-2H3. The molecule has 1 aliphatic rings. The maximum Gasteiger partial charge on any atom is 0.162 e. The van der Waals surface area contributed by atoms with E-state index in [-0.39, 0.29) is 0 Å². The highest BCUT2D eigenvalue weighted by Gasteiger charge is 2.14. The van der Waals surface area contributed by atoms with Gasteiger partial charge in [-0.1, -0.05) is 13.8 Å². The third kappa shape index (κ3) is 2.61. The van der Waals surface area contributed by atoms with Gasteiger partial charge in [0.15, 0.2) is 5.01 Å². The third-order valence-electron chi connectivity index (χ3n) is 3.40. The molecule has 3 rings (SSSR count). The van der Waals surface area contributed by atoms with Crippen LogP contribution in [-0.4, -0.2) is 27.4 Å². The van der Waals surface area contributed by atoms with Crippen LogP contribution in [0.3, 0.4) is 0 Å². The highest BCUT2D eigenvalue weighted by atomic mass is 32.1. The maximum atomic E-state index is 4.54. The van der Waals surface area contributed by atoms with Crippen LogP contribution in [0.15, 0.2) is 18.3 Å². The zero-order valence-corrected chi connectivity index (χ0v) is 12.2. The molecular formula is C14H18N4S. The number of nitrogens with zero attached hydrogens (tertiary/aromatic N) is 4. The van der Waals surface area contributed by atoms with Gasteiger partial charge in [-0.25, -0.2) is 4.98 Å². The Bertz CT molecular complexity index is 541. The van der Waals surface area contributed by atoms with Crippen molar-refractivity contribution in [2.45, 2.75) is 32.6 Å². The van der Waals surface area contributed by atoms with Crippen molar-refractivity contribution < 1.29 is 0 Å². The molecule has 0 spiro atoms. The van der Waals surface area contributed by atoms with Gasteiger partial charge in [-0.3, -0.25) is 4.98 Å². The lowest BCUT2D eigenvalue weighted by Gasteiger charge is -2.16. The molecule has 0 bridgehead atoms. The predicted octanol–water partition coefficient (Wildman–Crippen LogP) is 3.32. The monoisotopic (exact) mass is 274 g/mol. The molecular weight excluding hydrogens is 256 g/mol. The summed E-state index contributed by atoms with van der Waals surface area (Å²) in [7, 11) is 0. The van der Waals surface area contributed by atoms with E-state index in [9.17, 15) is 0 Å². The van der Waals surface area contributed by atoms with Crippen LogP contribution in [0.2, 0.25) is 0 Å². The minimum Gasteiger partial charge on any atom is -0.370 e. The minimum absolute atomic E-state index is 0.369. The quantitative estimate of drug-likeness (QED) is 0.861. The fraction of sp³-hybridized carbons (Fsp3) is 0.500. The Labute approximate surface area is 117 Å². The first-order valence-electron chi connectivity index (χ1n) is 6.79. The van der Waals surface area contributed by atoms with E-state index >= 15 is 0 Å². The number of hydrogen-bond donors (Lipinski definition) is 0. The molecule has 19 heavy (non-hydrogen) atoms. The molecule has 0 N–H and O–H groups in total. The first-order valence-corrected chi connectivity index (χ1v) is 7.56. The molecule has 0 amide bonds. The van der Waals surface area contributed by atoms with E-state index in [2.05, 4.69) is 45.2 Å². The lowest BCUT2D eigenvalue weighted by molar-refractivity contribution is 0.800. The van der Waals surface area contributed by atoms with Crippen LogP contribution in [0.4, 0.5) is 5.69 Å². The maximum absolute atomic E-state index is 4.54. The van der Waals surface area contributed by atoms with E-state index in [1.54, 1.807) is 0 Å². The molecule has 2 aromatic heterocycles. The number of pyridine rings is 1. The minimum atomic E-state index is 0.369. The zero-order chi connectivity index (χ0) is 13.2. The summed E-state index contributed by atoms with van der Waals surface area (Å²) in [6.45, 7) is 6.51. The van der Waals surface area contributed by atoms with Crippen LogP contribution in [-0.2, 0) is 0 Å². The van der Waals surface area contributed by atoms with Crippen LogP contribution >= 0.6 is 11.5 Å². The highest BCUT2D eigenvalue weighted by molar-refractivity contribution is 7.09. The number of anilines is 1. The smallest absolute Gasteiger partial charge is 0.162 e. The molecule has 1 fully saturated rings. The first-order chi connectivity index (χ1) is 9.24. The first kappa shape index (κ1) is 12.5. The van der Waals surface area contributed by atoms with Crippen molar-refractivity contribution in [1.29, 1.82) is 0 Å². The van der Waals surface area contributed by atoms with Crippen molar-refractivity contribution in [3.63, 3.8) is 0 Å². The Hall–Kier alpha value is -1.49. The summed E-state index contributed by atoms with van der Waals surface area (Å²) in [5.41, 5.74) is 2.14. The Morgan fingerprint density at radius 1 is 1.21 bits per heavy atom. The molecule has 3 heterocycles. The normalized spacial score (nSPS) is 15.4. The molecule has 5 heteroatoms. The SMILES string of the molecule is CC(C)c1nsc(-c2ccc(N3CCCC3)cn2)n1. The molecule has 4 nitrogen and oxygen atoms in total. The molecule has 0 radical (unpaired) electrons. The predicted molar refractivity (Wildman–Crippen MR) is 78.7 cm³/mol. The van der Waals surface area contributed by atoms with Crippen molar-refractivity contribution in [2.24, 2.45) is 0 Å². The fourth-order valence-electron chi connectivity index (χ4n) is 2.25. The molecule has 0 atom stereocenters. The number of rotatable bonds is 3. The lowest BCUT2D eigenvalue weighted by Crippen LogP contribution is -2.17. The second kappa shape index (κ2) is 5.25. The fourth-order valence-corrected chi connectivity index (χ4v) is 3.03. The van der Waals surface area contributed by atoms with Gasteiger partial charge in [0.1, 0.15) is 11.5 Å². The van der Waals surface area contributed by atoms with Crippen molar-refractivity contribution in [3.05, 3.63) is 24.2 Å². The summed E-state index contributed by atoms with van der Waals surface area (Å²) >= 11 is 1.43.